The fourth-order valence-electron chi connectivity index (χ4n) is 0.724. The maximum atomic E-state index is 10.8. The van der Waals surface area contributed by atoms with Crippen LogP contribution in [0.2, 0.25) is 0 Å². The van der Waals surface area contributed by atoms with Crippen molar-refractivity contribution in [1.82, 2.24) is 5.32 Å². The van der Waals surface area contributed by atoms with Gasteiger partial charge in [-0.1, -0.05) is 12.2 Å². The Balaban J connectivity index is 2.68. The first kappa shape index (κ1) is 7.09. The van der Waals surface area contributed by atoms with Crippen LogP contribution in [0.5, 0.6) is 0 Å². The molecule has 0 saturated carbocycles. The van der Waals surface area contributed by atoms with E-state index in [2.05, 4.69) is 5.32 Å². The Morgan fingerprint density at radius 3 is 2.90 bits per heavy atom. The third-order valence-corrected chi connectivity index (χ3v) is 1.28. The van der Waals surface area contributed by atoms with Crippen molar-refractivity contribution in [3.63, 3.8) is 0 Å². The number of nitrogens with one attached hydrogen (secondary N) is 1. The molecule has 0 bridgehead atoms. The van der Waals surface area contributed by atoms with Gasteiger partial charge in [-0.25, -0.2) is 5.11 Å². The van der Waals surface area contributed by atoms with E-state index in [4.69, 9.17) is 0 Å². The summed E-state index contributed by atoms with van der Waals surface area (Å²) in [5.41, 5.74) is 0.713. The molecular weight excluding hydrogens is 126 g/mol. The van der Waals surface area contributed by atoms with Crippen LogP contribution in [0.4, 0.5) is 0 Å². The molecule has 1 aliphatic heterocycles. The Bertz CT molecular complexity index is 189. The lowest BCUT2D eigenvalue weighted by Crippen LogP contribution is -2.15. The number of rotatable bonds is 1. The molecule has 0 amide bonds. The van der Waals surface area contributed by atoms with E-state index < -0.39 is 6.10 Å². The third-order valence-electron chi connectivity index (χ3n) is 1.28. The third kappa shape index (κ3) is 1.74. The van der Waals surface area contributed by atoms with Crippen molar-refractivity contribution >= 4 is 0 Å². The average molecular weight is 136 g/mol. The van der Waals surface area contributed by atoms with Crippen LogP contribution in [0.25, 0.3) is 0 Å². The van der Waals surface area contributed by atoms with Crippen molar-refractivity contribution < 1.29 is 5.11 Å². The molecule has 0 fully saturated rings. The van der Waals surface area contributed by atoms with Crippen LogP contribution in [0.1, 0.15) is 6.92 Å². The van der Waals surface area contributed by atoms with Crippen LogP contribution in [-0.4, -0.2) is 6.10 Å². The fourth-order valence-corrected chi connectivity index (χ4v) is 0.724. The highest BCUT2D eigenvalue weighted by molar-refractivity contribution is 5.22. The minimum Gasteiger partial charge on any atom is -0.363 e. The highest BCUT2D eigenvalue weighted by atomic mass is 16.3. The molecule has 1 unspecified atom stereocenters. The quantitative estimate of drug-likeness (QED) is 0.580. The van der Waals surface area contributed by atoms with Crippen LogP contribution in [0, 0.1) is 0 Å². The predicted molar refractivity (Wildman–Crippen MR) is 39.6 cm³/mol. The van der Waals surface area contributed by atoms with Crippen molar-refractivity contribution in [1.29, 1.82) is 0 Å². The zero-order valence-corrected chi connectivity index (χ0v) is 5.87. The van der Waals surface area contributed by atoms with Crippen LogP contribution in [0.3, 0.4) is 0 Å². The van der Waals surface area contributed by atoms with Gasteiger partial charge in [0.15, 0.2) is 0 Å². The molecule has 0 aromatic heterocycles. The van der Waals surface area contributed by atoms with Crippen LogP contribution >= 0.6 is 0 Å². The zero-order valence-electron chi connectivity index (χ0n) is 5.87. The van der Waals surface area contributed by atoms with E-state index in [1.807, 2.05) is 18.2 Å². The summed E-state index contributed by atoms with van der Waals surface area (Å²) in [6.45, 7) is 1.62. The van der Waals surface area contributed by atoms with E-state index >= 15 is 0 Å². The lowest BCUT2D eigenvalue weighted by atomic mass is 10.3. The summed E-state index contributed by atoms with van der Waals surface area (Å²) in [6, 6.07) is 0. The van der Waals surface area contributed by atoms with Crippen molar-refractivity contribution in [2.24, 2.45) is 0 Å². The summed E-state index contributed by atoms with van der Waals surface area (Å²) in [6.07, 6.45) is 8.45. The molecule has 1 radical (unpaired) electrons. The molecule has 0 spiro atoms. The second kappa shape index (κ2) is 3.22. The summed E-state index contributed by atoms with van der Waals surface area (Å²) in [5, 5.41) is 13.7. The van der Waals surface area contributed by atoms with Gasteiger partial charge in [-0.15, -0.1) is 0 Å². The van der Waals surface area contributed by atoms with Gasteiger partial charge in [-0.2, -0.15) is 0 Å². The molecule has 1 aliphatic rings. The lowest BCUT2D eigenvalue weighted by Gasteiger charge is -2.05. The minimum absolute atomic E-state index is 0.674. The van der Waals surface area contributed by atoms with Gasteiger partial charge in [0.2, 0.25) is 0 Å². The summed E-state index contributed by atoms with van der Waals surface area (Å²) in [4.78, 5) is 0. The number of hydrogen-bond acceptors (Lipinski definition) is 1. The minimum atomic E-state index is -0.674. The standard InChI is InChI=1S/C8H10NO/c1-7(10)8-5-3-2-4-6-9-8/h2-7,9H,1H3. The van der Waals surface area contributed by atoms with Crippen molar-refractivity contribution in [2.45, 2.75) is 13.0 Å². The first-order chi connectivity index (χ1) is 4.80. The summed E-state index contributed by atoms with van der Waals surface area (Å²) in [7, 11) is 0. The molecule has 0 aromatic rings. The first-order valence-electron chi connectivity index (χ1n) is 3.26. The normalized spacial score (nSPS) is 19.2. The molecule has 0 aliphatic carbocycles. The van der Waals surface area contributed by atoms with Crippen molar-refractivity contribution in [2.75, 3.05) is 0 Å². The number of hydrogen-bond donors (Lipinski definition) is 1. The molecule has 2 nitrogen and oxygen atoms in total. The smallest absolute Gasteiger partial charge is 0.130 e. The Labute approximate surface area is 60.6 Å². The van der Waals surface area contributed by atoms with Gasteiger partial charge in [0.25, 0.3) is 0 Å². The Morgan fingerprint density at radius 1 is 1.40 bits per heavy atom. The van der Waals surface area contributed by atoms with Crippen LogP contribution in [-0.2, 0) is 5.11 Å². The summed E-state index contributed by atoms with van der Waals surface area (Å²) >= 11 is 0. The molecule has 53 valence electrons. The maximum absolute atomic E-state index is 10.8. The Morgan fingerprint density at radius 2 is 2.20 bits per heavy atom. The molecule has 0 aromatic carbocycles. The molecule has 1 N–H and O–H groups in total. The second-order valence-corrected chi connectivity index (χ2v) is 2.15. The molecule has 0 saturated heterocycles. The SMILES string of the molecule is CC([O])C1=CC=CC=CN1. The molecule has 1 atom stereocenters. The van der Waals surface area contributed by atoms with Gasteiger partial charge in [0, 0.05) is 11.9 Å². The average Bonchev–Trinajstić information content (AvgIpc) is 2.12. The van der Waals surface area contributed by atoms with Gasteiger partial charge >= 0.3 is 0 Å². The van der Waals surface area contributed by atoms with E-state index in [9.17, 15) is 5.11 Å². The van der Waals surface area contributed by atoms with E-state index in [1.165, 1.54) is 0 Å². The fraction of sp³-hybridized carbons (Fsp3) is 0.250. The summed E-state index contributed by atoms with van der Waals surface area (Å²) in [5.74, 6) is 0. The van der Waals surface area contributed by atoms with E-state index in [0.29, 0.717) is 5.70 Å². The zero-order chi connectivity index (χ0) is 7.40. The highest BCUT2D eigenvalue weighted by Gasteiger charge is 2.02. The van der Waals surface area contributed by atoms with Gasteiger partial charge in [-0.05, 0) is 19.1 Å². The first-order valence-corrected chi connectivity index (χ1v) is 3.26. The molecule has 10 heavy (non-hydrogen) atoms. The monoisotopic (exact) mass is 136 g/mol. The van der Waals surface area contributed by atoms with E-state index in [-0.39, 0.29) is 0 Å². The second-order valence-electron chi connectivity index (χ2n) is 2.15. The topological polar surface area (TPSA) is 31.9 Å². The molecule has 1 rings (SSSR count). The molecular formula is C8H10NO. The lowest BCUT2D eigenvalue weighted by molar-refractivity contribution is 0.132. The maximum Gasteiger partial charge on any atom is 0.130 e. The van der Waals surface area contributed by atoms with Gasteiger partial charge in [-0.3, -0.25) is 0 Å². The van der Waals surface area contributed by atoms with E-state index in [1.54, 1.807) is 19.2 Å². The predicted octanol–water partition coefficient (Wildman–Crippen LogP) is 1.36. The Kier molecular flexibility index (Phi) is 2.29. The highest BCUT2D eigenvalue weighted by Crippen LogP contribution is 2.00. The van der Waals surface area contributed by atoms with Crippen LogP contribution < -0.4 is 5.32 Å². The van der Waals surface area contributed by atoms with Crippen molar-refractivity contribution in [3.05, 3.63) is 36.2 Å². The van der Waals surface area contributed by atoms with Crippen LogP contribution in [0.15, 0.2) is 36.2 Å². The molecule has 1 heterocycles. The number of allylic oxidation sites excluding steroid dienone is 4. The van der Waals surface area contributed by atoms with E-state index in [0.717, 1.165) is 0 Å². The van der Waals surface area contributed by atoms with Gasteiger partial charge in [0.1, 0.15) is 6.10 Å². The summed E-state index contributed by atoms with van der Waals surface area (Å²) < 4.78 is 0. The van der Waals surface area contributed by atoms with Gasteiger partial charge in [0.05, 0.1) is 0 Å². The largest absolute Gasteiger partial charge is 0.363 e. The molecule has 2 heteroatoms. The van der Waals surface area contributed by atoms with Gasteiger partial charge < -0.3 is 5.32 Å². The Hall–Kier alpha value is -1.02. The van der Waals surface area contributed by atoms with Crippen molar-refractivity contribution in [3.8, 4) is 0 Å².